The van der Waals surface area contributed by atoms with Gasteiger partial charge in [0.25, 0.3) is 5.91 Å². The van der Waals surface area contributed by atoms with Crippen LogP contribution in [0.2, 0.25) is 0 Å². The molecule has 1 aromatic carbocycles. The molecule has 0 saturated carbocycles. The van der Waals surface area contributed by atoms with Crippen molar-refractivity contribution >= 4 is 11.6 Å². The number of benzene rings is 1. The Kier molecular flexibility index (Phi) is 5.40. The molecular weight excluding hydrogens is 260 g/mol. The molecule has 0 spiro atoms. The fraction of sp³-hybridized carbons (Fsp3) is 0.611. The minimum absolute atomic E-state index is 0.135. The standard InChI is InChI=1S/C18H28N2O/c1-18(2,3)15-8-10-16(11-9-15)19-17(21)14-20-12-6-4-5-7-13-20/h8-11H,4-7,12-14H2,1-3H3,(H,19,21)/p+1. The Labute approximate surface area is 128 Å². The lowest BCUT2D eigenvalue weighted by molar-refractivity contribution is -0.890. The second kappa shape index (κ2) is 7.08. The quantitative estimate of drug-likeness (QED) is 0.880. The first kappa shape index (κ1) is 16.0. The van der Waals surface area contributed by atoms with E-state index in [9.17, 15) is 4.79 Å². The van der Waals surface area contributed by atoms with Crippen LogP contribution in [-0.2, 0) is 10.2 Å². The van der Waals surface area contributed by atoms with Crippen LogP contribution in [0.3, 0.4) is 0 Å². The summed E-state index contributed by atoms with van der Waals surface area (Å²) in [5.74, 6) is 0.135. The SMILES string of the molecule is CC(C)(C)c1ccc(NC(=O)C[NH+]2CCCCCC2)cc1. The fourth-order valence-electron chi connectivity index (χ4n) is 2.89. The van der Waals surface area contributed by atoms with Gasteiger partial charge in [0.05, 0.1) is 13.1 Å². The van der Waals surface area contributed by atoms with Gasteiger partial charge in [-0.15, -0.1) is 0 Å². The number of rotatable bonds is 3. The Bertz CT molecular complexity index is 451. The van der Waals surface area contributed by atoms with Crippen LogP contribution in [0.1, 0.15) is 52.0 Å². The molecule has 1 fully saturated rings. The minimum atomic E-state index is 0.135. The van der Waals surface area contributed by atoms with Gasteiger partial charge in [-0.1, -0.05) is 32.9 Å². The van der Waals surface area contributed by atoms with E-state index in [2.05, 4.69) is 38.2 Å². The van der Waals surface area contributed by atoms with E-state index in [1.807, 2.05) is 12.1 Å². The minimum Gasteiger partial charge on any atom is -0.327 e. The van der Waals surface area contributed by atoms with Crippen molar-refractivity contribution in [3.8, 4) is 0 Å². The maximum Gasteiger partial charge on any atom is 0.279 e. The molecule has 2 N–H and O–H groups in total. The molecule has 1 aromatic rings. The topological polar surface area (TPSA) is 33.5 Å². The van der Waals surface area contributed by atoms with E-state index in [1.54, 1.807) is 0 Å². The maximum atomic E-state index is 12.1. The molecule has 3 nitrogen and oxygen atoms in total. The summed E-state index contributed by atoms with van der Waals surface area (Å²) in [5, 5.41) is 3.03. The number of carbonyl (C=O) groups excluding carboxylic acids is 1. The zero-order valence-corrected chi connectivity index (χ0v) is 13.7. The van der Waals surface area contributed by atoms with Crippen LogP contribution in [0, 0.1) is 0 Å². The highest BCUT2D eigenvalue weighted by atomic mass is 16.2. The van der Waals surface area contributed by atoms with Gasteiger partial charge in [0.15, 0.2) is 6.54 Å². The van der Waals surface area contributed by atoms with Crippen LogP contribution in [-0.4, -0.2) is 25.5 Å². The van der Waals surface area contributed by atoms with Crippen LogP contribution >= 0.6 is 0 Å². The van der Waals surface area contributed by atoms with E-state index >= 15 is 0 Å². The largest absolute Gasteiger partial charge is 0.327 e. The molecule has 3 heteroatoms. The third-order valence-corrected chi connectivity index (χ3v) is 4.26. The van der Waals surface area contributed by atoms with E-state index in [0.29, 0.717) is 6.54 Å². The van der Waals surface area contributed by atoms with Crippen molar-refractivity contribution in [2.24, 2.45) is 0 Å². The lowest BCUT2D eigenvalue weighted by Gasteiger charge is -2.19. The van der Waals surface area contributed by atoms with Crippen LogP contribution in [0.5, 0.6) is 0 Å². The molecule has 0 unspecified atom stereocenters. The number of hydrogen-bond donors (Lipinski definition) is 2. The summed E-state index contributed by atoms with van der Waals surface area (Å²) in [5.41, 5.74) is 2.35. The van der Waals surface area contributed by atoms with E-state index in [-0.39, 0.29) is 11.3 Å². The zero-order valence-electron chi connectivity index (χ0n) is 13.7. The first-order valence-corrected chi connectivity index (χ1v) is 8.19. The van der Waals surface area contributed by atoms with Crippen molar-refractivity contribution < 1.29 is 9.69 Å². The summed E-state index contributed by atoms with van der Waals surface area (Å²) in [6, 6.07) is 8.23. The molecule has 1 heterocycles. The monoisotopic (exact) mass is 289 g/mol. The smallest absolute Gasteiger partial charge is 0.279 e. The van der Waals surface area contributed by atoms with E-state index in [0.717, 1.165) is 18.8 Å². The molecule has 1 amide bonds. The van der Waals surface area contributed by atoms with Crippen molar-refractivity contribution in [2.45, 2.75) is 51.9 Å². The summed E-state index contributed by atoms with van der Waals surface area (Å²) in [7, 11) is 0. The number of nitrogens with one attached hydrogen (secondary N) is 2. The fourth-order valence-corrected chi connectivity index (χ4v) is 2.89. The van der Waals surface area contributed by atoms with Crippen molar-refractivity contribution in [1.29, 1.82) is 0 Å². The Balaban J connectivity index is 1.87. The van der Waals surface area contributed by atoms with Gasteiger partial charge >= 0.3 is 0 Å². The third-order valence-electron chi connectivity index (χ3n) is 4.26. The van der Waals surface area contributed by atoms with Gasteiger partial charge in [-0.05, 0) is 48.8 Å². The second-order valence-corrected chi connectivity index (χ2v) is 7.22. The Morgan fingerprint density at radius 3 is 2.14 bits per heavy atom. The van der Waals surface area contributed by atoms with Gasteiger partial charge in [0.2, 0.25) is 0 Å². The van der Waals surface area contributed by atoms with Crippen molar-refractivity contribution in [3.05, 3.63) is 29.8 Å². The van der Waals surface area contributed by atoms with E-state index in [1.165, 1.54) is 36.1 Å². The van der Waals surface area contributed by atoms with Gasteiger partial charge in [-0.2, -0.15) is 0 Å². The molecule has 116 valence electrons. The Morgan fingerprint density at radius 2 is 1.62 bits per heavy atom. The van der Waals surface area contributed by atoms with Crippen LogP contribution < -0.4 is 10.2 Å². The number of hydrogen-bond acceptors (Lipinski definition) is 1. The predicted molar refractivity (Wildman–Crippen MR) is 87.8 cm³/mol. The first-order chi connectivity index (χ1) is 9.95. The number of carbonyl (C=O) groups is 1. The lowest BCUT2D eigenvalue weighted by atomic mass is 9.87. The number of amides is 1. The van der Waals surface area contributed by atoms with Gasteiger partial charge in [-0.25, -0.2) is 0 Å². The maximum absolute atomic E-state index is 12.1. The molecule has 0 aromatic heterocycles. The summed E-state index contributed by atoms with van der Waals surface area (Å²) in [6.07, 6.45) is 5.14. The molecule has 2 rings (SSSR count). The van der Waals surface area contributed by atoms with Crippen LogP contribution in [0.15, 0.2) is 24.3 Å². The number of anilines is 1. The molecule has 0 aliphatic carbocycles. The normalized spacial score (nSPS) is 17.3. The Hall–Kier alpha value is -1.35. The summed E-state index contributed by atoms with van der Waals surface area (Å²) >= 11 is 0. The highest BCUT2D eigenvalue weighted by Gasteiger charge is 2.17. The third kappa shape index (κ3) is 5.16. The highest BCUT2D eigenvalue weighted by Crippen LogP contribution is 2.23. The molecule has 0 bridgehead atoms. The van der Waals surface area contributed by atoms with Crippen LogP contribution in [0.25, 0.3) is 0 Å². The molecule has 0 radical (unpaired) electrons. The van der Waals surface area contributed by atoms with E-state index < -0.39 is 0 Å². The average Bonchev–Trinajstić information content (AvgIpc) is 2.67. The Morgan fingerprint density at radius 1 is 1.05 bits per heavy atom. The molecule has 1 saturated heterocycles. The average molecular weight is 289 g/mol. The van der Waals surface area contributed by atoms with Gasteiger partial charge in [0.1, 0.15) is 0 Å². The predicted octanol–water partition coefficient (Wildman–Crippen LogP) is 2.38. The number of quaternary nitrogens is 1. The summed E-state index contributed by atoms with van der Waals surface area (Å²) in [4.78, 5) is 13.6. The zero-order chi connectivity index (χ0) is 15.3. The molecule has 1 aliphatic rings. The molecular formula is C18H29N2O+. The molecule has 0 atom stereocenters. The van der Waals surface area contributed by atoms with E-state index in [4.69, 9.17) is 0 Å². The van der Waals surface area contributed by atoms with Gasteiger partial charge < -0.3 is 10.2 Å². The van der Waals surface area contributed by atoms with Gasteiger partial charge in [-0.3, -0.25) is 4.79 Å². The lowest BCUT2D eigenvalue weighted by Crippen LogP contribution is -3.12. The van der Waals surface area contributed by atoms with Crippen molar-refractivity contribution in [3.63, 3.8) is 0 Å². The van der Waals surface area contributed by atoms with Crippen LogP contribution in [0.4, 0.5) is 5.69 Å². The molecule has 21 heavy (non-hydrogen) atoms. The van der Waals surface area contributed by atoms with Gasteiger partial charge in [0, 0.05) is 5.69 Å². The second-order valence-electron chi connectivity index (χ2n) is 7.22. The summed E-state index contributed by atoms with van der Waals surface area (Å²) < 4.78 is 0. The summed E-state index contributed by atoms with van der Waals surface area (Å²) in [6.45, 7) is 9.46. The first-order valence-electron chi connectivity index (χ1n) is 8.19. The molecule has 1 aliphatic heterocycles. The number of likely N-dealkylation sites (tertiary alicyclic amines) is 1. The van der Waals surface area contributed by atoms with Crippen molar-refractivity contribution in [1.82, 2.24) is 0 Å². The van der Waals surface area contributed by atoms with Crippen molar-refractivity contribution in [2.75, 3.05) is 25.0 Å². The highest BCUT2D eigenvalue weighted by molar-refractivity contribution is 5.91.